The molecular formula is C13H13ClO4. The molecule has 2 rings (SSSR count). The Morgan fingerprint density at radius 1 is 1.44 bits per heavy atom. The van der Waals surface area contributed by atoms with Crippen LogP contribution in [0.4, 0.5) is 0 Å². The predicted molar refractivity (Wildman–Crippen MR) is 66.3 cm³/mol. The molecule has 1 fully saturated rings. The smallest absolute Gasteiger partial charge is 0.317 e. The summed E-state index contributed by atoms with van der Waals surface area (Å²) >= 11 is 5.98. The van der Waals surface area contributed by atoms with Crippen LogP contribution in [0.5, 0.6) is 5.75 Å². The van der Waals surface area contributed by atoms with Crippen molar-refractivity contribution in [2.75, 3.05) is 6.61 Å². The van der Waals surface area contributed by atoms with Crippen molar-refractivity contribution in [1.29, 1.82) is 0 Å². The molecule has 0 saturated heterocycles. The minimum Gasteiger partial charge on any atom is -0.492 e. The molecule has 1 aliphatic carbocycles. The van der Waals surface area contributed by atoms with Gasteiger partial charge >= 0.3 is 5.97 Å². The number of carboxylic acid groups (broad SMARTS) is 1. The van der Waals surface area contributed by atoms with Crippen LogP contribution in [0.1, 0.15) is 30.1 Å². The van der Waals surface area contributed by atoms with E-state index in [-0.39, 0.29) is 5.78 Å². The lowest BCUT2D eigenvalue weighted by Crippen LogP contribution is -2.25. The third-order valence-corrected chi connectivity index (χ3v) is 3.38. The number of rotatable bonds is 5. The minimum absolute atomic E-state index is 0.323. The molecule has 1 aromatic carbocycles. The summed E-state index contributed by atoms with van der Waals surface area (Å²) in [6, 6.07) is 4.62. The molecule has 0 aliphatic heterocycles. The Bertz CT molecular complexity index is 506. The van der Waals surface area contributed by atoms with E-state index in [4.69, 9.17) is 21.4 Å². The molecule has 0 bridgehead atoms. The molecule has 5 heteroatoms. The Morgan fingerprint density at radius 2 is 2.11 bits per heavy atom. The Balaban J connectivity index is 2.27. The van der Waals surface area contributed by atoms with Gasteiger partial charge in [-0.05, 0) is 38.0 Å². The summed E-state index contributed by atoms with van der Waals surface area (Å²) in [7, 11) is 0. The average Bonchev–Trinajstić information content (AvgIpc) is 3.12. The van der Waals surface area contributed by atoms with Crippen LogP contribution in [0.3, 0.4) is 0 Å². The Morgan fingerprint density at radius 3 is 2.56 bits per heavy atom. The van der Waals surface area contributed by atoms with Crippen molar-refractivity contribution in [3.8, 4) is 5.75 Å². The normalized spacial score (nSPS) is 16.1. The summed E-state index contributed by atoms with van der Waals surface area (Å²) < 4.78 is 5.26. The zero-order chi connectivity index (χ0) is 13.3. The number of hydrogen-bond donors (Lipinski definition) is 1. The molecule has 1 aliphatic rings. The molecule has 0 spiro atoms. The highest BCUT2D eigenvalue weighted by atomic mass is 35.5. The number of halogens is 1. The van der Waals surface area contributed by atoms with E-state index in [1.54, 1.807) is 12.1 Å². The van der Waals surface area contributed by atoms with E-state index in [0.717, 1.165) is 0 Å². The quantitative estimate of drug-likeness (QED) is 0.659. The highest BCUT2D eigenvalue weighted by Gasteiger charge is 2.56. The first-order valence-corrected chi connectivity index (χ1v) is 6.09. The molecule has 18 heavy (non-hydrogen) atoms. The van der Waals surface area contributed by atoms with Gasteiger partial charge in [0.1, 0.15) is 11.2 Å². The van der Waals surface area contributed by atoms with Crippen LogP contribution < -0.4 is 4.74 Å². The van der Waals surface area contributed by atoms with E-state index in [1.165, 1.54) is 6.07 Å². The van der Waals surface area contributed by atoms with Gasteiger partial charge in [0.15, 0.2) is 5.78 Å². The van der Waals surface area contributed by atoms with E-state index in [1.807, 2.05) is 6.92 Å². The number of Topliss-reactive ketones (excluding diaryl/α,β-unsaturated/α-hetero) is 1. The maximum atomic E-state index is 12.1. The second-order valence-electron chi connectivity index (χ2n) is 4.29. The lowest BCUT2D eigenvalue weighted by molar-refractivity contribution is -0.141. The first kappa shape index (κ1) is 12.9. The van der Waals surface area contributed by atoms with E-state index in [9.17, 15) is 9.59 Å². The predicted octanol–water partition coefficient (Wildman–Crippen LogP) is 2.79. The maximum absolute atomic E-state index is 12.1. The average molecular weight is 269 g/mol. The Labute approximate surface area is 110 Å². The van der Waals surface area contributed by atoms with Gasteiger partial charge in [0, 0.05) is 5.56 Å². The van der Waals surface area contributed by atoms with Gasteiger partial charge in [-0.3, -0.25) is 9.59 Å². The van der Waals surface area contributed by atoms with Crippen LogP contribution in [-0.2, 0) is 4.79 Å². The number of carbonyl (C=O) groups is 2. The van der Waals surface area contributed by atoms with Gasteiger partial charge in [-0.2, -0.15) is 0 Å². The van der Waals surface area contributed by atoms with Crippen molar-refractivity contribution >= 4 is 23.4 Å². The van der Waals surface area contributed by atoms with E-state index >= 15 is 0 Å². The van der Waals surface area contributed by atoms with Crippen LogP contribution in [0.25, 0.3) is 0 Å². The SMILES string of the molecule is CCOc1ccc(C(=O)C2(C(=O)O)CC2)cc1Cl. The first-order valence-electron chi connectivity index (χ1n) is 5.72. The number of carbonyl (C=O) groups excluding carboxylic acids is 1. The van der Waals surface area contributed by atoms with E-state index in [2.05, 4.69) is 0 Å². The third-order valence-electron chi connectivity index (χ3n) is 3.09. The number of aliphatic carboxylic acids is 1. The van der Waals surface area contributed by atoms with Gasteiger partial charge in [0.2, 0.25) is 0 Å². The molecule has 0 atom stereocenters. The Kier molecular flexibility index (Phi) is 3.30. The van der Waals surface area contributed by atoms with Gasteiger partial charge < -0.3 is 9.84 Å². The molecule has 4 nitrogen and oxygen atoms in total. The molecular weight excluding hydrogens is 256 g/mol. The molecule has 0 unspecified atom stereocenters. The standard InChI is InChI=1S/C13H13ClO4/c1-2-18-10-4-3-8(7-9(10)14)11(15)13(5-6-13)12(16)17/h3-4,7H,2,5-6H2,1H3,(H,16,17). The summed E-state index contributed by atoms with van der Waals surface area (Å²) in [5, 5.41) is 9.39. The minimum atomic E-state index is -1.23. The van der Waals surface area contributed by atoms with Crippen molar-refractivity contribution in [1.82, 2.24) is 0 Å². The second kappa shape index (κ2) is 4.61. The number of carboxylic acids is 1. The monoisotopic (exact) mass is 268 g/mol. The van der Waals surface area contributed by atoms with Crippen LogP contribution in [0.15, 0.2) is 18.2 Å². The van der Waals surface area contributed by atoms with Crippen LogP contribution in [0.2, 0.25) is 5.02 Å². The number of benzene rings is 1. The fraction of sp³-hybridized carbons (Fsp3) is 0.385. The fourth-order valence-corrected chi connectivity index (χ4v) is 2.09. The second-order valence-corrected chi connectivity index (χ2v) is 4.70. The van der Waals surface area contributed by atoms with Crippen LogP contribution in [0, 0.1) is 5.41 Å². The maximum Gasteiger partial charge on any atom is 0.317 e. The van der Waals surface area contributed by atoms with Crippen molar-refractivity contribution in [3.05, 3.63) is 28.8 Å². The van der Waals surface area contributed by atoms with Gasteiger partial charge in [0.05, 0.1) is 11.6 Å². The van der Waals surface area contributed by atoms with E-state index < -0.39 is 11.4 Å². The molecule has 0 radical (unpaired) electrons. The zero-order valence-electron chi connectivity index (χ0n) is 9.90. The third kappa shape index (κ3) is 2.08. The van der Waals surface area contributed by atoms with Crippen LogP contribution >= 0.6 is 11.6 Å². The van der Waals surface area contributed by atoms with Crippen molar-refractivity contribution in [3.63, 3.8) is 0 Å². The summed E-state index contributed by atoms with van der Waals surface area (Å²) in [5.41, 5.74) is -0.903. The van der Waals surface area contributed by atoms with Crippen molar-refractivity contribution in [2.45, 2.75) is 19.8 Å². The summed E-state index contributed by atoms with van der Waals surface area (Å²) in [4.78, 5) is 23.2. The molecule has 0 heterocycles. The largest absolute Gasteiger partial charge is 0.492 e. The number of ketones is 1. The summed E-state index contributed by atoms with van der Waals surface area (Å²) in [5.74, 6) is -0.937. The topological polar surface area (TPSA) is 63.6 Å². The molecule has 1 aromatic rings. The highest BCUT2D eigenvalue weighted by molar-refractivity contribution is 6.32. The summed E-state index contributed by atoms with van der Waals surface area (Å²) in [6.45, 7) is 2.31. The highest BCUT2D eigenvalue weighted by Crippen LogP contribution is 2.48. The van der Waals surface area contributed by atoms with Gasteiger partial charge in [-0.25, -0.2) is 0 Å². The van der Waals surface area contributed by atoms with Crippen molar-refractivity contribution < 1.29 is 19.4 Å². The lowest BCUT2D eigenvalue weighted by atomic mass is 9.95. The van der Waals surface area contributed by atoms with Gasteiger partial charge in [-0.15, -0.1) is 0 Å². The molecule has 1 N–H and O–H groups in total. The zero-order valence-corrected chi connectivity index (χ0v) is 10.7. The fourth-order valence-electron chi connectivity index (χ4n) is 1.85. The molecule has 96 valence electrons. The Hall–Kier alpha value is -1.55. The number of hydrogen-bond acceptors (Lipinski definition) is 3. The lowest BCUT2D eigenvalue weighted by Gasteiger charge is -2.10. The van der Waals surface area contributed by atoms with Gasteiger partial charge in [0.25, 0.3) is 0 Å². The molecule has 1 saturated carbocycles. The van der Waals surface area contributed by atoms with E-state index in [0.29, 0.717) is 35.8 Å². The van der Waals surface area contributed by atoms with Crippen LogP contribution in [-0.4, -0.2) is 23.5 Å². The summed E-state index contributed by atoms with van der Waals surface area (Å²) in [6.07, 6.45) is 0.790. The number of ether oxygens (including phenoxy) is 1. The van der Waals surface area contributed by atoms with Crippen molar-refractivity contribution in [2.24, 2.45) is 5.41 Å². The molecule has 0 aromatic heterocycles. The van der Waals surface area contributed by atoms with Gasteiger partial charge in [-0.1, -0.05) is 11.6 Å². The first-order chi connectivity index (χ1) is 8.51. The molecule has 0 amide bonds.